The molecule has 0 saturated heterocycles. The molecule has 10 aromatic rings. The first kappa shape index (κ1) is 34.7. The van der Waals surface area contributed by atoms with Gasteiger partial charge in [-0.2, -0.15) is 0 Å². The summed E-state index contributed by atoms with van der Waals surface area (Å²) in [6, 6.07) is 72.1. The Labute approximate surface area is 337 Å². The maximum absolute atomic E-state index is 5.10. The molecular weight excluding hydrogens is 705 g/mol. The third kappa shape index (κ3) is 6.95. The van der Waals surface area contributed by atoms with E-state index in [9.17, 15) is 0 Å². The predicted octanol–water partition coefficient (Wildman–Crippen LogP) is 13.8. The molecule has 0 amide bonds. The quantitative estimate of drug-likeness (QED) is 0.156. The molecule has 0 saturated carbocycles. The van der Waals surface area contributed by atoms with E-state index in [-0.39, 0.29) is 0 Å². The van der Waals surface area contributed by atoms with Gasteiger partial charge in [-0.05, 0) is 80.0 Å². The Morgan fingerprint density at radius 3 is 1.38 bits per heavy atom. The van der Waals surface area contributed by atoms with Crippen molar-refractivity contribution < 1.29 is 0 Å². The highest BCUT2D eigenvalue weighted by Gasteiger charge is 2.14. The summed E-state index contributed by atoms with van der Waals surface area (Å²) in [6.45, 7) is 0. The van der Waals surface area contributed by atoms with Gasteiger partial charge in [0.2, 0.25) is 0 Å². The van der Waals surface area contributed by atoms with Crippen LogP contribution in [0.5, 0.6) is 0 Å². The van der Waals surface area contributed by atoms with Crippen molar-refractivity contribution in [3.8, 4) is 89.8 Å². The van der Waals surface area contributed by atoms with Crippen LogP contribution in [0.25, 0.3) is 101 Å². The van der Waals surface area contributed by atoms with Crippen LogP contribution in [-0.4, -0.2) is 19.9 Å². The van der Waals surface area contributed by atoms with Crippen LogP contribution in [0.4, 0.5) is 0 Å². The Hall–Kier alpha value is -7.82. The first-order chi connectivity index (χ1) is 28.7. The van der Waals surface area contributed by atoms with E-state index >= 15 is 0 Å². The summed E-state index contributed by atoms with van der Waals surface area (Å²) in [5, 5.41) is 2.42. The largest absolute Gasteiger partial charge is 0.255 e. The summed E-state index contributed by atoms with van der Waals surface area (Å²) >= 11 is 0. The molecule has 0 N–H and O–H groups in total. The summed E-state index contributed by atoms with van der Waals surface area (Å²) < 4.78 is 0. The molecule has 0 aliphatic carbocycles. The lowest BCUT2D eigenvalue weighted by molar-refractivity contribution is 1.18. The lowest BCUT2D eigenvalue weighted by atomic mass is 9.91. The molecule has 4 nitrogen and oxygen atoms in total. The van der Waals surface area contributed by atoms with E-state index < -0.39 is 0 Å². The highest BCUT2D eigenvalue weighted by Crippen LogP contribution is 2.38. The van der Waals surface area contributed by atoms with Crippen LogP contribution in [0, 0.1) is 0 Å². The minimum absolute atomic E-state index is 0.701. The first-order valence-electron chi connectivity index (χ1n) is 19.4. The SMILES string of the molecule is c1ccc(-c2cccc(-c3cc(-c4ccc(-c5ccc(-c6ccc(-c7ccc(-c8ccccn8)nc7)cc6)c6ccccc56)cc4)nc(-c4ccccc4)n3)c2)cc1. The van der Waals surface area contributed by atoms with E-state index in [1.165, 1.54) is 33.0 Å². The molecule has 272 valence electrons. The standard InChI is InChI=1S/C54H36N4/c1-3-12-37(13-4-1)43-16-11-17-44(34-43)53-35-52(57-54(58-53)42-14-5-2-6-15-42)41-27-25-40(26-28-41)47-31-30-46(48-18-7-8-19-49(47)48)39-23-21-38(22-24-39)45-29-32-51(56-36-45)50-20-9-10-33-55-50/h1-36H. The van der Waals surface area contributed by atoms with Crippen molar-refractivity contribution in [2.45, 2.75) is 0 Å². The number of rotatable bonds is 8. The number of hydrogen-bond acceptors (Lipinski definition) is 4. The van der Waals surface area contributed by atoms with Crippen LogP contribution in [0.15, 0.2) is 219 Å². The second-order valence-electron chi connectivity index (χ2n) is 14.3. The van der Waals surface area contributed by atoms with E-state index in [1.54, 1.807) is 6.20 Å². The maximum atomic E-state index is 5.10. The zero-order chi connectivity index (χ0) is 38.7. The fraction of sp³-hybridized carbons (Fsp3) is 0. The molecule has 7 aromatic carbocycles. The maximum Gasteiger partial charge on any atom is 0.160 e. The molecule has 10 rings (SSSR count). The van der Waals surface area contributed by atoms with Crippen molar-refractivity contribution in [3.63, 3.8) is 0 Å². The normalized spacial score (nSPS) is 11.1. The van der Waals surface area contributed by atoms with Gasteiger partial charge < -0.3 is 0 Å². The number of hydrogen-bond donors (Lipinski definition) is 0. The number of pyridine rings is 2. The van der Waals surface area contributed by atoms with Crippen LogP contribution in [0.2, 0.25) is 0 Å². The predicted molar refractivity (Wildman–Crippen MR) is 239 cm³/mol. The fourth-order valence-electron chi connectivity index (χ4n) is 7.64. The zero-order valence-electron chi connectivity index (χ0n) is 31.6. The van der Waals surface area contributed by atoms with E-state index in [0.29, 0.717) is 5.82 Å². The molecule has 0 radical (unpaired) electrons. The van der Waals surface area contributed by atoms with E-state index in [4.69, 9.17) is 9.97 Å². The van der Waals surface area contributed by atoms with Crippen molar-refractivity contribution in [1.29, 1.82) is 0 Å². The van der Waals surface area contributed by atoms with Gasteiger partial charge in [0.15, 0.2) is 5.82 Å². The van der Waals surface area contributed by atoms with Gasteiger partial charge in [-0.15, -0.1) is 0 Å². The van der Waals surface area contributed by atoms with Crippen molar-refractivity contribution >= 4 is 10.8 Å². The van der Waals surface area contributed by atoms with Gasteiger partial charge in [-0.3, -0.25) is 9.97 Å². The Morgan fingerprint density at radius 2 is 0.759 bits per heavy atom. The van der Waals surface area contributed by atoms with Gasteiger partial charge in [0.05, 0.1) is 22.8 Å². The molecule has 3 aromatic heterocycles. The van der Waals surface area contributed by atoms with E-state index in [2.05, 4.69) is 168 Å². The third-order valence-electron chi connectivity index (χ3n) is 10.7. The van der Waals surface area contributed by atoms with Gasteiger partial charge in [0, 0.05) is 34.6 Å². The average molecular weight is 741 g/mol. The minimum atomic E-state index is 0.701. The van der Waals surface area contributed by atoms with Crippen molar-refractivity contribution in [3.05, 3.63) is 219 Å². The summed E-state index contributed by atoms with van der Waals surface area (Å²) in [7, 11) is 0. The summed E-state index contributed by atoms with van der Waals surface area (Å²) in [5.41, 5.74) is 15.8. The third-order valence-corrected chi connectivity index (χ3v) is 10.7. The van der Waals surface area contributed by atoms with Gasteiger partial charge in [-0.1, -0.05) is 176 Å². The van der Waals surface area contributed by atoms with Crippen molar-refractivity contribution in [1.82, 2.24) is 19.9 Å². The van der Waals surface area contributed by atoms with Crippen molar-refractivity contribution in [2.24, 2.45) is 0 Å². The van der Waals surface area contributed by atoms with Crippen LogP contribution >= 0.6 is 0 Å². The zero-order valence-corrected chi connectivity index (χ0v) is 31.6. The van der Waals surface area contributed by atoms with Crippen LogP contribution in [0.3, 0.4) is 0 Å². The number of fused-ring (bicyclic) bond motifs is 1. The molecule has 0 spiro atoms. The monoisotopic (exact) mass is 740 g/mol. The molecule has 0 fully saturated rings. The number of nitrogens with zero attached hydrogens (tertiary/aromatic N) is 4. The topological polar surface area (TPSA) is 51.6 Å². The summed E-state index contributed by atoms with van der Waals surface area (Å²) in [5.74, 6) is 0.701. The molecule has 0 unspecified atom stereocenters. The van der Waals surface area contributed by atoms with E-state index in [0.717, 1.165) is 61.7 Å². The van der Waals surface area contributed by atoms with Gasteiger partial charge in [0.25, 0.3) is 0 Å². The van der Waals surface area contributed by atoms with Crippen LogP contribution < -0.4 is 0 Å². The molecule has 0 bridgehead atoms. The highest BCUT2D eigenvalue weighted by molar-refractivity contribution is 6.05. The molecule has 3 heterocycles. The molecule has 0 aliphatic heterocycles. The summed E-state index contributed by atoms with van der Waals surface area (Å²) in [6.07, 6.45) is 3.71. The Kier molecular flexibility index (Phi) is 9.18. The summed E-state index contributed by atoms with van der Waals surface area (Å²) in [4.78, 5) is 19.3. The second kappa shape index (κ2) is 15.4. The average Bonchev–Trinajstić information content (AvgIpc) is 3.32. The van der Waals surface area contributed by atoms with Crippen LogP contribution in [-0.2, 0) is 0 Å². The van der Waals surface area contributed by atoms with Crippen molar-refractivity contribution in [2.75, 3.05) is 0 Å². The number of aromatic nitrogens is 4. The molecule has 0 aliphatic rings. The van der Waals surface area contributed by atoms with Gasteiger partial charge in [-0.25, -0.2) is 9.97 Å². The minimum Gasteiger partial charge on any atom is -0.255 e. The van der Waals surface area contributed by atoms with Crippen LogP contribution in [0.1, 0.15) is 0 Å². The molecular formula is C54H36N4. The Balaban J connectivity index is 0.963. The smallest absolute Gasteiger partial charge is 0.160 e. The lowest BCUT2D eigenvalue weighted by Crippen LogP contribution is -1.96. The number of benzene rings is 7. The fourth-order valence-corrected chi connectivity index (χ4v) is 7.64. The first-order valence-corrected chi connectivity index (χ1v) is 19.4. The second-order valence-corrected chi connectivity index (χ2v) is 14.3. The molecule has 0 atom stereocenters. The van der Waals surface area contributed by atoms with Gasteiger partial charge >= 0.3 is 0 Å². The molecule has 4 heteroatoms. The lowest BCUT2D eigenvalue weighted by Gasteiger charge is -2.14. The highest BCUT2D eigenvalue weighted by atomic mass is 14.9. The Bertz CT molecular complexity index is 3000. The van der Waals surface area contributed by atoms with Gasteiger partial charge in [0.1, 0.15) is 0 Å². The molecule has 58 heavy (non-hydrogen) atoms. The van der Waals surface area contributed by atoms with E-state index in [1.807, 2.05) is 54.7 Å². The Morgan fingerprint density at radius 1 is 0.259 bits per heavy atom.